The van der Waals surface area contributed by atoms with Crippen LogP contribution in [-0.2, 0) is 11.3 Å². The van der Waals surface area contributed by atoms with Gasteiger partial charge in [-0.2, -0.15) is 0 Å². The monoisotopic (exact) mass is 453 g/mol. The number of likely N-dealkylation sites (tertiary alicyclic amines) is 1. The number of benzene rings is 2. The second kappa shape index (κ2) is 9.50. The molecule has 1 amide bonds. The molecule has 0 bridgehead atoms. The number of hydrogen-bond acceptors (Lipinski definition) is 6. The first kappa shape index (κ1) is 22.6. The Labute approximate surface area is 190 Å². The number of amides is 1. The molecule has 1 aliphatic heterocycles. The lowest BCUT2D eigenvalue weighted by molar-refractivity contribution is -0.135. The Bertz CT molecular complexity index is 1300. The molecule has 1 fully saturated rings. The molecule has 1 aromatic heterocycles. The van der Waals surface area contributed by atoms with Gasteiger partial charge >= 0.3 is 5.69 Å². The number of hydrogen-bond donors (Lipinski definition) is 1. The molecule has 0 saturated carbocycles. The van der Waals surface area contributed by atoms with Gasteiger partial charge in [0.05, 0.1) is 37.7 Å². The van der Waals surface area contributed by atoms with Crippen molar-refractivity contribution in [2.45, 2.75) is 25.4 Å². The molecule has 0 aliphatic carbocycles. The highest BCUT2D eigenvalue weighted by Crippen LogP contribution is 2.28. The van der Waals surface area contributed by atoms with Crippen LogP contribution in [0.2, 0.25) is 0 Å². The number of piperidine rings is 1. The minimum atomic E-state index is -0.568. The van der Waals surface area contributed by atoms with Gasteiger partial charge in [0.15, 0.2) is 11.5 Å². The van der Waals surface area contributed by atoms with Crippen LogP contribution in [-0.4, -0.2) is 59.0 Å². The molecule has 4 rings (SSSR count). The summed E-state index contributed by atoms with van der Waals surface area (Å²) in [5.41, 5.74) is 0.450. The van der Waals surface area contributed by atoms with Crippen molar-refractivity contribution >= 4 is 16.8 Å². The van der Waals surface area contributed by atoms with Gasteiger partial charge in [-0.05, 0) is 42.7 Å². The van der Waals surface area contributed by atoms with Crippen molar-refractivity contribution < 1.29 is 19.4 Å². The van der Waals surface area contributed by atoms with Crippen molar-refractivity contribution in [3.05, 3.63) is 68.9 Å². The molecule has 1 saturated heterocycles. The van der Waals surface area contributed by atoms with E-state index in [4.69, 9.17) is 9.47 Å². The average molecular weight is 453 g/mol. The summed E-state index contributed by atoms with van der Waals surface area (Å²) in [5, 5.41) is 9.70. The standard InChI is InChI=1S/C24H27N3O6/c1-32-20-10-9-16(12-21(20)33-2)13-26-23(30)18-7-3-4-8-19(18)27(24(26)31)17-6-5-11-25(14-17)22(29)15-28/h3-4,7-10,12,17,28H,5-6,11,13-15H2,1-2H3. The highest BCUT2D eigenvalue weighted by molar-refractivity contribution is 5.79. The topological polar surface area (TPSA) is 103 Å². The zero-order valence-corrected chi connectivity index (χ0v) is 18.7. The molecule has 1 aliphatic rings. The smallest absolute Gasteiger partial charge is 0.332 e. The van der Waals surface area contributed by atoms with Crippen LogP contribution < -0.4 is 20.7 Å². The molecular weight excluding hydrogens is 426 g/mol. The number of carbonyl (C=O) groups excluding carboxylic acids is 1. The van der Waals surface area contributed by atoms with Gasteiger partial charge in [0, 0.05) is 13.1 Å². The van der Waals surface area contributed by atoms with E-state index in [2.05, 4.69) is 0 Å². The Balaban J connectivity index is 1.83. The largest absolute Gasteiger partial charge is 0.493 e. The Hall–Kier alpha value is -3.59. The molecule has 1 atom stereocenters. The van der Waals surface area contributed by atoms with Crippen molar-refractivity contribution in [2.24, 2.45) is 0 Å². The minimum Gasteiger partial charge on any atom is -0.493 e. The lowest BCUT2D eigenvalue weighted by Gasteiger charge is -2.34. The number of methoxy groups -OCH3 is 2. The molecule has 3 aromatic rings. The van der Waals surface area contributed by atoms with E-state index in [0.29, 0.717) is 48.3 Å². The normalized spacial score (nSPS) is 16.1. The van der Waals surface area contributed by atoms with Crippen LogP contribution in [0.1, 0.15) is 24.4 Å². The van der Waals surface area contributed by atoms with E-state index >= 15 is 0 Å². The van der Waals surface area contributed by atoms with Crippen LogP contribution >= 0.6 is 0 Å². The maximum absolute atomic E-state index is 13.6. The first-order valence-corrected chi connectivity index (χ1v) is 10.8. The number of aliphatic hydroxyl groups excluding tert-OH is 1. The number of rotatable bonds is 6. The fourth-order valence-electron chi connectivity index (χ4n) is 4.48. The Morgan fingerprint density at radius 3 is 2.58 bits per heavy atom. The van der Waals surface area contributed by atoms with Gasteiger partial charge in [0.25, 0.3) is 5.56 Å². The second-order valence-electron chi connectivity index (χ2n) is 8.04. The average Bonchev–Trinajstić information content (AvgIpc) is 2.86. The molecule has 0 spiro atoms. The van der Waals surface area contributed by atoms with Crippen LogP contribution in [0, 0.1) is 0 Å². The van der Waals surface area contributed by atoms with Crippen LogP contribution in [0.15, 0.2) is 52.1 Å². The maximum Gasteiger partial charge on any atom is 0.332 e. The van der Waals surface area contributed by atoms with Crippen molar-refractivity contribution in [1.82, 2.24) is 14.0 Å². The lowest BCUT2D eigenvalue weighted by Crippen LogP contribution is -2.47. The number of fused-ring (bicyclic) bond motifs is 1. The van der Waals surface area contributed by atoms with Crippen LogP contribution in [0.3, 0.4) is 0 Å². The predicted octanol–water partition coefficient (Wildman–Crippen LogP) is 1.38. The van der Waals surface area contributed by atoms with E-state index in [1.807, 2.05) is 0 Å². The quantitative estimate of drug-likeness (QED) is 0.605. The number of carbonyl (C=O) groups is 1. The van der Waals surface area contributed by atoms with E-state index in [1.54, 1.807) is 59.0 Å². The fourth-order valence-corrected chi connectivity index (χ4v) is 4.48. The van der Waals surface area contributed by atoms with Gasteiger partial charge in [0.2, 0.25) is 5.91 Å². The Morgan fingerprint density at radius 1 is 1.09 bits per heavy atom. The van der Waals surface area contributed by atoms with Crippen molar-refractivity contribution in [2.75, 3.05) is 33.9 Å². The number of nitrogens with zero attached hydrogens (tertiary/aromatic N) is 3. The molecule has 2 aromatic carbocycles. The van der Waals surface area contributed by atoms with E-state index in [1.165, 1.54) is 11.7 Å². The summed E-state index contributed by atoms with van der Waals surface area (Å²) in [6.45, 7) is 0.335. The third-order valence-electron chi connectivity index (χ3n) is 6.11. The maximum atomic E-state index is 13.6. The summed E-state index contributed by atoms with van der Waals surface area (Å²) in [4.78, 5) is 40.6. The summed E-state index contributed by atoms with van der Waals surface area (Å²) in [6.07, 6.45) is 1.39. The molecule has 2 heterocycles. The van der Waals surface area contributed by atoms with Crippen molar-refractivity contribution in [3.8, 4) is 11.5 Å². The highest BCUT2D eigenvalue weighted by Gasteiger charge is 2.27. The SMILES string of the molecule is COc1ccc(Cn2c(=O)c3ccccc3n(C3CCCN(C(=O)CO)C3)c2=O)cc1OC. The van der Waals surface area contributed by atoms with Crippen LogP contribution in [0.4, 0.5) is 0 Å². The third kappa shape index (κ3) is 4.23. The summed E-state index contributed by atoms with van der Waals surface area (Å²) in [6, 6.07) is 12.0. The van der Waals surface area contributed by atoms with Crippen molar-refractivity contribution in [1.29, 1.82) is 0 Å². The van der Waals surface area contributed by atoms with Gasteiger partial charge in [-0.25, -0.2) is 4.79 Å². The molecule has 1 N–H and O–H groups in total. The summed E-state index contributed by atoms with van der Waals surface area (Å²) in [7, 11) is 3.07. The first-order chi connectivity index (χ1) is 16.0. The molecule has 1 unspecified atom stereocenters. The van der Waals surface area contributed by atoms with Crippen LogP contribution in [0.5, 0.6) is 11.5 Å². The lowest BCUT2D eigenvalue weighted by atomic mass is 10.0. The fraction of sp³-hybridized carbons (Fsp3) is 0.375. The van der Waals surface area contributed by atoms with Gasteiger partial charge in [-0.15, -0.1) is 0 Å². The van der Waals surface area contributed by atoms with E-state index in [9.17, 15) is 19.5 Å². The highest BCUT2D eigenvalue weighted by atomic mass is 16.5. The van der Waals surface area contributed by atoms with E-state index in [0.717, 1.165) is 5.56 Å². The minimum absolute atomic E-state index is 0.0643. The second-order valence-corrected chi connectivity index (χ2v) is 8.04. The van der Waals surface area contributed by atoms with Gasteiger partial charge < -0.3 is 19.5 Å². The van der Waals surface area contributed by atoms with Gasteiger partial charge in [-0.1, -0.05) is 18.2 Å². The number of para-hydroxylation sites is 1. The summed E-state index contributed by atoms with van der Waals surface area (Å²) in [5.74, 6) is 0.700. The van der Waals surface area contributed by atoms with Crippen molar-refractivity contribution in [3.63, 3.8) is 0 Å². The first-order valence-electron chi connectivity index (χ1n) is 10.8. The molecule has 9 nitrogen and oxygen atoms in total. The molecule has 0 radical (unpaired) electrons. The van der Waals surface area contributed by atoms with Gasteiger partial charge in [-0.3, -0.25) is 18.7 Å². The molecular formula is C24H27N3O6. The molecule has 9 heteroatoms. The number of aromatic nitrogens is 2. The Kier molecular flexibility index (Phi) is 6.50. The number of aliphatic hydroxyl groups is 1. The molecule has 174 valence electrons. The zero-order chi connectivity index (χ0) is 23.5. The number of ether oxygens (including phenoxy) is 2. The van der Waals surface area contributed by atoms with E-state index < -0.39 is 12.3 Å². The van der Waals surface area contributed by atoms with E-state index in [-0.39, 0.29) is 24.1 Å². The third-order valence-corrected chi connectivity index (χ3v) is 6.11. The van der Waals surface area contributed by atoms with Crippen LogP contribution in [0.25, 0.3) is 10.9 Å². The van der Waals surface area contributed by atoms with Gasteiger partial charge in [0.1, 0.15) is 6.61 Å². The predicted molar refractivity (Wildman–Crippen MR) is 123 cm³/mol. The summed E-state index contributed by atoms with van der Waals surface area (Å²) >= 11 is 0. The summed E-state index contributed by atoms with van der Waals surface area (Å²) < 4.78 is 13.5. The Morgan fingerprint density at radius 2 is 1.85 bits per heavy atom. The zero-order valence-electron chi connectivity index (χ0n) is 18.7. The molecule has 33 heavy (non-hydrogen) atoms.